The summed E-state index contributed by atoms with van der Waals surface area (Å²) in [6.45, 7) is 5.85. The van der Waals surface area contributed by atoms with Crippen LogP contribution in [-0.4, -0.2) is 45.8 Å². The summed E-state index contributed by atoms with van der Waals surface area (Å²) in [5, 5.41) is 18.5. The molecule has 0 aliphatic carbocycles. The third kappa shape index (κ3) is 5.79. The lowest BCUT2D eigenvalue weighted by atomic mass is 9.91. The lowest BCUT2D eigenvalue weighted by Gasteiger charge is -2.17. The number of para-hydroxylation sites is 2. The van der Waals surface area contributed by atoms with Crippen LogP contribution in [0.1, 0.15) is 36.8 Å². The second kappa shape index (κ2) is 12.1. The van der Waals surface area contributed by atoms with Gasteiger partial charge in [-0.25, -0.2) is 19.0 Å². The first-order chi connectivity index (χ1) is 19.5. The van der Waals surface area contributed by atoms with Gasteiger partial charge in [-0.05, 0) is 12.1 Å². The number of azo groups is 1. The van der Waals surface area contributed by atoms with Crippen LogP contribution >= 0.6 is 25.8 Å². The maximum absolute atomic E-state index is 13.2. The van der Waals surface area contributed by atoms with E-state index in [9.17, 15) is 9.59 Å². The number of methoxy groups -OCH3 is 1. The van der Waals surface area contributed by atoms with Crippen LogP contribution < -0.4 is 9.64 Å². The summed E-state index contributed by atoms with van der Waals surface area (Å²) in [7, 11) is 4.69. The van der Waals surface area contributed by atoms with E-state index in [1.807, 2.05) is 45.0 Å². The first-order valence-electron chi connectivity index (χ1n) is 12.3. The Bertz CT molecular complexity index is 1610. The molecule has 0 bridgehead atoms. The molecule has 41 heavy (non-hydrogen) atoms. The van der Waals surface area contributed by atoms with E-state index in [1.165, 1.54) is 28.4 Å². The van der Waals surface area contributed by atoms with Crippen molar-refractivity contribution in [2.24, 2.45) is 17.3 Å². The van der Waals surface area contributed by atoms with E-state index in [0.717, 1.165) is 0 Å². The predicted molar refractivity (Wildman–Crippen MR) is 160 cm³/mol. The Morgan fingerprint density at radius 3 is 2.22 bits per heavy atom. The van der Waals surface area contributed by atoms with Crippen molar-refractivity contribution in [1.29, 1.82) is 0 Å². The van der Waals surface area contributed by atoms with Gasteiger partial charge in [0.05, 0.1) is 12.8 Å². The number of anilines is 1. The lowest BCUT2D eigenvalue weighted by molar-refractivity contribution is 0.0773. The second-order valence-electron chi connectivity index (χ2n) is 9.89. The van der Waals surface area contributed by atoms with Crippen LogP contribution in [0.2, 0.25) is 0 Å². The van der Waals surface area contributed by atoms with Crippen LogP contribution in [0.15, 0.2) is 64.8 Å². The minimum Gasteiger partial charge on any atom is -0.494 e. The molecular weight excluding hydrogens is 566 g/mol. The van der Waals surface area contributed by atoms with E-state index >= 15 is 0 Å². The van der Waals surface area contributed by atoms with Gasteiger partial charge in [0.2, 0.25) is 0 Å². The summed E-state index contributed by atoms with van der Waals surface area (Å²) in [4.78, 5) is 26.8. The summed E-state index contributed by atoms with van der Waals surface area (Å²) in [6.07, 6.45) is -0.752. The number of hydrogen-bond acceptors (Lipinski definition) is 11. The van der Waals surface area contributed by atoms with E-state index in [1.54, 1.807) is 37.4 Å². The molecule has 12 nitrogen and oxygen atoms in total. The normalized spacial score (nSPS) is 11.5. The van der Waals surface area contributed by atoms with Crippen LogP contribution in [0.5, 0.6) is 5.75 Å². The van der Waals surface area contributed by atoms with Crippen molar-refractivity contribution in [3.8, 4) is 22.7 Å². The van der Waals surface area contributed by atoms with Gasteiger partial charge in [-0.15, -0.1) is 10.2 Å². The predicted octanol–water partition coefficient (Wildman–Crippen LogP) is 6.41. The van der Waals surface area contributed by atoms with Gasteiger partial charge < -0.3 is 13.1 Å². The molecule has 2 aromatic carbocycles. The fraction of sp³-hybridized carbons (Fsp3) is 0.259. The fourth-order valence-electron chi connectivity index (χ4n) is 4.23. The maximum Gasteiger partial charge on any atom is 0.427 e. The van der Waals surface area contributed by atoms with Crippen molar-refractivity contribution in [2.75, 3.05) is 19.1 Å². The third-order valence-corrected chi connectivity index (χ3v) is 6.45. The van der Waals surface area contributed by atoms with E-state index in [2.05, 4.69) is 45.3 Å². The van der Waals surface area contributed by atoms with E-state index < -0.39 is 17.5 Å². The van der Waals surface area contributed by atoms with Crippen molar-refractivity contribution in [2.45, 2.75) is 26.2 Å². The summed E-state index contributed by atoms with van der Waals surface area (Å²) in [5.74, 6) is 0.0234. The average Bonchev–Trinajstić information content (AvgIpc) is 3.52. The molecule has 0 aliphatic heterocycles. The number of benzene rings is 2. The Hall–Kier alpha value is -4.30. The minimum absolute atomic E-state index is 0.0201. The SMILES string of the molecule is COc1ccccc1-n1nc(-c2ccccc2)c(C(=O)OS)c1N=Nc1c(C(C)(C)C)nn(C)c1N(C)C(=O)OS. The average molecular weight is 596 g/mol. The zero-order valence-corrected chi connectivity index (χ0v) is 25.1. The van der Waals surface area contributed by atoms with E-state index in [-0.39, 0.29) is 17.1 Å². The quantitative estimate of drug-likeness (QED) is 0.144. The number of ether oxygens (including phenoxy) is 1. The molecule has 4 aromatic rings. The Morgan fingerprint density at radius 2 is 1.61 bits per heavy atom. The molecule has 0 saturated heterocycles. The molecule has 0 unspecified atom stereocenters. The van der Waals surface area contributed by atoms with Crippen molar-refractivity contribution < 1.29 is 22.7 Å². The monoisotopic (exact) mass is 595 g/mol. The topological polar surface area (TPSA) is 125 Å². The smallest absolute Gasteiger partial charge is 0.427 e. The highest BCUT2D eigenvalue weighted by molar-refractivity contribution is 7.75. The third-order valence-electron chi connectivity index (χ3n) is 6.13. The Kier molecular flexibility index (Phi) is 8.73. The lowest BCUT2D eigenvalue weighted by Crippen LogP contribution is -2.26. The molecule has 0 spiro atoms. The summed E-state index contributed by atoms with van der Waals surface area (Å²) < 4.78 is 18.0. The number of carbonyl (C=O) groups excluding carboxylic acids is 2. The van der Waals surface area contributed by atoms with Gasteiger partial charge in [-0.1, -0.05) is 63.2 Å². The van der Waals surface area contributed by atoms with Gasteiger partial charge in [-0.2, -0.15) is 10.2 Å². The molecule has 14 heteroatoms. The van der Waals surface area contributed by atoms with E-state index in [4.69, 9.17) is 14.0 Å². The number of aromatic nitrogens is 4. The highest BCUT2D eigenvalue weighted by atomic mass is 32.1. The molecule has 214 valence electrons. The standard InChI is InChI=1S/C27H29N7O5S2/c1-27(2,3)22-21(24(33(5)31-22)32(4)26(36)39-41)28-29-23-19(25(35)38-40)20(16-12-8-7-9-13-16)30-34(23)17-14-10-11-15-18(17)37-6/h7-15,40-41H,1-6H3. The number of thiol groups is 2. The number of nitrogens with zero attached hydrogens (tertiary/aromatic N) is 7. The highest BCUT2D eigenvalue weighted by Gasteiger charge is 2.32. The van der Waals surface area contributed by atoms with Crippen LogP contribution in [0.3, 0.4) is 0 Å². The molecule has 0 radical (unpaired) electrons. The molecule has 0 aliphatic rings. The van der Waals surface area contributed by atoms with Crippen LogP contribution in [-0.2, 0) is 20.8 Å². The summed E-state index contributed by atoms with van der Waals surface area (Å²) in [6, 6.07) is 16.2. The zero-order chi connectivity index (χ0) is 29.9. The molecule has 4 rings (SSSR count). The number of amides is 1. The zero-order valence-electron chi connectivity index (χ0n) is 23.3. The Labute approximate surface area is 248 Å². The van der Waals surface area contributed by atoms with Gasteiger partial charge in [0.25, 0.3) is 0 Å². The molecule has 2 aromatic heterocycles. The number of aryl methyl sites for hydroxylation is 1. The van der Waals surface area contributed by atoms with Crippen molar-refractivity contribution in [3.05, 3.63) is 65.9 Å². The molecule has 0 fully saturated rings. The first-order valence-corrected chi connectivity index (χ1v) is 13.0. The van der Waals surface area contributed by atoms with Gasteiger partial charge in [0, 0.05) is 50.9 Å². The molecule has 0 atom stereocenters. The summed E-state index contributed by atoms with van der Waals surface area (Å²) in [5.41, 5.74) is 1.77. The minimum atomic E-state index is -0.791. The van der Waals surface area contributed by atoms with Crippen LogP contribution in [0, 0.1) is 0 Å². The molecule has 0 saturated carbocycles. The molecular formula is C27H29N7O5S2. The number of rotatable bonds is 7. The Balaban J connectivity index is 2.06. The van der Waals surface area contributed by atoms with Gasteiger partial charge in [0.15, 0.2) is 17.3 Å². The molecule has 0 N–H and O–H groups in total. The van der Waals surface area contributed by atoms with Gasteiger partial charge in [0.1, 0.15) is 22.7 Å². The van der Waals surface area contributed by atoms with Gasteiger partial charge in [-0.3, -0.25) is 4.90 Å². The summed E-state index contributed by atoms with van der Waals surface area (Å²) >= 11 is 7.43. The Morgan fingerprint density at radius 1 is 0.951 bits per heavy atom. The largest absolute Gasteiger partial charge is 0.494 e. The second-order valence-corrected chi connectivity index (χ2v) is 10.3. The van der Waals surface area contributed by atoms with Crippen molar-refractivity contribution in [1.82, 2.24) is 19.6 Å². The maximum atomic E-state index is 13.2. The van der Waals surface area contributed by atoms with Crippen LogP contribution in [0.4, 0.5) is 22.1 Å². The van der Waals surface area contributed by atoms with E-state index in [0.29, 0.717) is 34.2 Å². The van der Waals surface area contributed by atoms with Gasteiger partial charge >= 0.3 is 12.1 Å². The highest BCUT2D eigenvalue weighted by Crippen LogP contribution is 2.41. The molecule has 1 amide bonds. The fourth-order valence-corrected chi connectivity index (χ4v) is 4.44. The molecule has 2 heterocycles. The van der Waals surface area contributed by atoms with Crippen molar-refractivity contribution >= 4 is 55.2 Å². The number of hydrogen-bond donors (Lipinski definition) is 2. The van der Waals surface area contributed by atoms with Crippen LogP contribution in [0.25, 0.3) is 16.9 Å². The van der Waals surface area contributed by atoms with Crippen molar-refractivity contribution in [3.63, 3.8) is 0 Å². The number of carbonyl (C=O) groups is 2. The first kappa shape index (κ1) is 29.7.